The highest BCUT2D eigenvalue weighted by atomic mass is 16.7. The van der Waals surface area contributed by atoms with Crippen LogP contribution in [0.15, 0.2) is 30.5 Å². The Kier molecular flexibility index (Phi) is 4.75. The summed E-state index contributed by atoms with van der Waals surface area (Å²) in [6, 6.07) is 7.60. The van der Waals surface area contributed by atoms with E-state index < -0.39 is 0 Å². The highest BCUT2D eigenvalue weighted by Crippen LogP contribution is 2.21. The number of aromatic nitrogens is 1. The van der Waals surface area contributed by atoms with E-state index in [-0.39, 0.29) is 12.3 Å². The highest BCUT2D eigenvalue weighted by Gasteiger charge is 2.15. The zero-order chi connectivity index (χ0) is 15.4. The average Bonchev–Trinajstić information content (AvgIpc) is 2.98. The molecule has 1 saturated heterocycles. The summed E-state index contributed by atoms with van der Waals surface area (Å²) in [6.07, 6.45) is 5.17. The van der Waals surface area contributed by atoms with Crippen LogP contribution in [0.3, 0.4) is 0 Å². The van der Waals surface area contributed by atoms with E-state index in [1.807, 2.05) is 24.4 Å². The third-order valence-electron chi connectivity index (χ3n) is 3.99. The molecule has 1 atom stereocenters. The van der Waals surface area contributed by atoms with Crippen LogP contribution in [0.25, 0.3) is 10.9 Å². The largest absolute Gasteiger partial charge is 0.465 e. The molecule has 0 aliphatic carbocycles. The summed E-state index contributed by atoms with van der Waals surface area (Å²) in [5.74, 6) is -0.310. The van der Waals surface area contributed by atoms with Gasteiger partial charge in [0.15, 0.2) is 6.29 Å². The van der Waals surface area contributed by atoms with Crippen LogP contribution in [0.2, 0.25) is 0 Å². The molecule has 0 N–H and O–H groups in total. The molecule has 22 heavy (non-hydrogen) atoms. The van der Waals surface area contributed by atoms with Gasteiger partial charge in [0.25, 0.3) is 0 Å². The number of nitrogens with zero attached hydrogens (tertiary/aromatic N) is 1. The fourth-order valence-corrected chi connectivity index (χ4v) is 2.83. The molecule has 118 valence electrons. The third-order valence-corrected chi connectivity index (χ3v) is 3.99. The van der Waals surface area contributed by atoms with Crippen LogP contribution in [-0.2, 0) is 20.8 Å². The third kappa shape index (κ3) is 3.15. The molecule has 1 aromatic heterocycles. The second-order valence-corrected chi connectivity index (χ2v) is 5.41. The lowest BCUT2D eigenvalue weighted by molar-refractivity contribution is -0.163. The Morgan fingerprint density at radius 3 is 3.05 bits per heavy atom. The van der Waals surface area contributed by atoms with Crippen molar-refractivity contribution in [2.45, 2.75) is 32.1 Å². The molecule has 2 aromatic rings. The van der Waals surface area contributed by atoms with Crippen LogP contribution in [0.5, 0.6) is 0 Å². The van der Waals surface area contributed by atoms with Crippen LogP contribution in [0, 0.1) is 0 Å². The number of hydrogen-bond donors (Lipinski definition) is 0. The molecule has 5 heteroatoms. The summed E-state index contributed by atoms with van der Waals surface area (Å²) < 4.78 is 18.2. The van der Waals surface area contributed by atoms with Crippen LogP contribution in [-0.4, -0.2) is 37.1 Å². The Hall–Kier alpha value is -1.85. The molecule has 2 heterocycles. The van der Waals surface area contributed by atoms with Gasteiger partial charge in [-0.15, -0.1) is 0 Å². The van der Waals surface area contributed by atoms with Crippen molar-refractivity contribution in [3.05, 3.63) is 36.0 Å². The molecule has 1 unspecified atom stereocenters. The normalized spacial score (nSPS) is 18.5. The molecule has 1 aromatic carbocycles. The standard InChI is InChI=1S/C17H21NO4/c1-20-17(19)14-5-4-6-15-13(14)8-9-18(15)10-12-22-16-7-2-3-11-21-16/h4-6,8-9,16H,2-3,7,10-12H2,1H3. The number of methoxy groups -OCH3 is 1. The van der Waals surface area contributed by atoms with Crippen LogP contribution in [0.4, 0.5) is 0 Å². The molecule has 0 bridgehead atoms. The summed E-state index contributed by atoms with van der Waals surface area (Å²) >= 11 is 0. The Balaban J connectivity index is 1.68. The van der Waals surface area contributed by atoms with E-state index in [1.54, 1.807) is 6.07 Å². The van der Waals surface area contributed by atoms with Crippen molar-refractivity contribution < 1.29 is 19.0 Å². The number of rotatable bonds is 5. The predicted molar refractivity (Wildman–Crippen MR) is 82.8 cm³/mol. The average molecular weight is 303 g/mol. The van der Waals surface area contributed by atoms with Gasteiger partial charge in [-0.25, -0.2) is 4.79 Å². The lowest BCUT2D eigenvalue weighted by Gasteiger charge is -2.22. The smallest absolute Gasteiger partial charge is 0.338 e. The summed E-state index contributed by atoms with van der Waals surface area (Å²) in [5.41, 5.74) is 1.60. The quantitative estimate of drug-likeness (QED) is 0.797. The highest BCUT2D eigenvalue weighted by molar-refractivity contribution is 6.03. The van der Waals surface area contributed by atoms with E-state index in [4.69, 9.17) is 14.2 Å². The maximum absolute atomic E-state index is 11.8. The Morgan fingerprint density at radius 1 is 1.36 bits per heavy atom. The van der Waals surface area contributed by atoms with E-state index in [9.17, 15) is 4.79 Å². The zero-order valence-corrected chi connectivity index (χ0v) is 12.8. The molecule has 3 rings (SSSR count). The number of hydrogen-bond acceptors (Lipinski definition) is 4. The van der Waals surface area contributed by atoms with Gasteiger partial charge in [0.2, 0.25) is 0 Å². The van der Waals surface area contributed by atoms with E-state index in [0.717, 1.165) is 36.9 Å². The number of fused-ring (bicyclic) bond motifs is 1. The molecule has 0 spiro atoms. The Labute approximate surface area is 129 Å². The minimum atomic E-state index is -0.310. The maximum atomic E-state index is 11.8. The van der Waals surface area contributed by atoms with Crippen LogP contribution in [0.1, 0.15) is 29.6 Å². The summed E-state index contributed by atoms with van der Waals surface area (Å²) in [5, 5.41) is 0.906. The lowest BCUT2D eigenvalue weighted by Crippen LogP contribution is -2.23. The first-order valence-electron chi connectivity index (χ1n) is 7.69. The second kappa shape index (κ2) is 6.94. The van der Waals surface area contributed by atoms with E-state index in [1.165, 1.54) is 13.5 Å². The predicted octanol–water partition coefficient (Wildman–Crippen LogP) is 2.97. The van der Waals surface area contributed by atoms with Crippen molar-refractivity contribution in [1.29, 1.82) is 0 Å². The van der Waals surface area contributed by atoms with Gasteiger partial charge in [-0.2, -0.15) is 0 Å². The van der Waals surface area contributed by atoms with Crippen LogP contribution < -0.4 is 0 Å². The summed E-state index contributed by atoms with van der Waals surface area (Å²) in [7, 11) is 1.40. The first-order chi connectivity index (χ1) is 10.8. The zero-order valence-electron chi connectivity index (χ0n) is 12.8. The van der Waals surface area contributed by atoms with Gasteiger partial charge in [-0.05, 0) is 37.5 Å². The Bertz CT molecular complexity index is 643. The summed E-state index contributed by atoms with van der Waals surface area (Å²) in [6.45, 7) is 2.12. The van der Waals surface area contributed by atoms with Crippen LogP contribution >= 0.6 is 0 Å². The molecule has 0 amide bonds. The first kappa shape index (κ1) is 15.1. The second-order valence-electron chi connectivity index (χ2n) is 5.41. The van der Waals surface area contributed by atoms with Crippen molar-refractivity contribution >= 4 is 16.9 Å². The van der Waals surface area contributed by atoms with Gasteiger partial charge in [-0.3, -0.25) is 0 Å². The molecular formula is C17H21NO4. The van der Waals surface area contributed by atoms with Crippen molar-refractivity contribution in [2.24, 2.45) is 0 Å². The topological polar surface area (TPSA) is 49.7 Å². The molecule has 1 aliphatic heterocycles. The number of carbonyl (C=O) groups excluding carboxylic acids is 1. The Morgan fingerprint density at radius 2 is 2.27 bits per heavy atom. The monoisotopic (exact) mass is 303 g/mol. The fraction of sp³-hybridized carbons (Fsp3) is 0.471. The minimum Gasteiger partial charge on any atom is -0.465 e. The SMILES string of the molecule is COC(=O)c1cccc2c1ccn2CCOC1CCCCO1. The minimum absolute atomic E-state index is 0.0683. The molecule has 1 fully saturated rings. The van der Waals surface area contributed by atoms with Gasteiger partial charge in [-0.1, -0.05) is 6.07 Å². The van der Waals surface area contributed by atoms with E-state index in [2.05, 4.69) is 4.57 Å². The van der Waals surface area contributed by atoms with Crippen molar-refractivity contribution in [3.8, 4) is 0 Å². The number of benzene rings is 1. The van der Waals surface area contributed by atoms with Gasteiger partial charge < -0.3 is 18.8 Å². The van der Waals surface area contributed by atoms with E-state index in [0.29, 0.717) is 12.2 Å². The van der Waals surface area contributed by atoms with Gasteiger partial charge >= 0.3 is 5.97 Å². The van der Waals surface area contributed by atoms with Crippen molar-refractivity contribution in [1.82, 2.24) is 4.57 Å². The van der Waals surface area contributed by atoms with Gasteiger partial charge in [0, 0.05) is 30.3 Å². The number of carbonyl (C=O) groups is 1. The molecular weight excluding hydrogens is 282 g/mol. The number of esters is 1. The van der Waals surface area contributed by atoms with Crippen molar-refractivity contribution in [3.63, 3.8) is 0 Å². The first-order valence-corrected chi connectivity index (χ1v) is 7.69. The maximum Gasteiger partial charge on any atom is 0.338 e. The van der Waals surface area contributed by atoms with Gasteiger partial charge in [0.1, 0.15) is 0 Å². The fourth-order valence-electron chi connectivity index (χ4n) is 2.83. The lowest BCUT2D eigenvalue weighted by atomic mass is 10.1. The van der Waals surface area contributed by atoms with Crippen molar-refractivity contribution in [2.75, 3.05) is 20.3 Å². The van der Waals surface area contributed by atoms with E-state index >= 15 is 0 Å². The molecule has 5 nitrogen and oxygen atoms in total. The van der Waals surface area contributed by atoms with Gasteiger partial charge in [0.05, 0.1) is 19.3 Å². The number of ether oxygens (including phenoxy) is 3. The summed E-state index contributed by atoms with van der Waals surface area (Å²) in [4.78, 5) is 11.8. The molecule has 1 aliphatic rings. The molecule has 0 saturated carbocycles. The molecule has 0 radical (unpaired) electrons.